The largest absolute Gasteiger partial charge is 0.389 e. The summed E-state index contributed by atoms with van der Waals surface area (Å²) in [6.07, 6.45) is 3.20. The van der Waals surface area contributed by atoms with Gasteiger partial charge < -0.3 is 14.7 Å². The lowest BCUT2D eigenvalue weighted by Gasteiger charge is -2.33. The van der Waals surface area contributed by atoms with Crippen molar-refractivity contribution in [1.82, 2.24) is 4.90 Å². The normalized spacial score (nSPS) is 24.9. The number of nitrogens with zero attached hydrogens (tertiary/aromatic N) is 1. The zero-order valence-corrected chi connectivity index (χ0v) is 11.9. The molecule has 1 rings (SSSR count). The summed E-state index contributed by atoms with van der Waals surface area (Å²) < 4.78 is 5.73. The standard InChI is InChI=1S/C14H29NO2/c1-5-14(3,4)17-11-13(16)10-15-8-6-7-12(2)9-15/h12-13,16H,5-11H2,1-4H3/t12-,13+/m1/s1. The van der Waals surface area contributed by atoms with Gasteiger partial charge in [0.25, 0.3) is 0 Å². The summed E-state index contributed by atoms with van der Waals surface area (Å²) in [4.78, 5) is 2.36. The number of aliphatic hydroxyl groups excluding tert-OH is 1. The van der Waals surface area contributed by atoms with Crippen LogP contribution in [0, 0.1) is 5.92 Å². The molecule has 1 saturated heterocycles. The molecule has 1 N–H and O–H groups in total. The highest BCUT2D eigenvalue weighted by Crippen LogP contribution is 2.17. The SMILES string of the molecule is CCC(C)(C)OC[C@@H](O)CN1CCC[C@@H](C)C1. The maximum atomic E-state index is 9.98. The smallest absolute Gasteiger partial charge is 0.0900 e. The van der Waals surface area contributed by atoms with Gasteiger partial charge in [-0.25, -0.2) is 0 Å². The van der Waals surface area contributed by atoms with Crippen LogP contribution in [0.5, 0.6) is 0 Å². The molecule has 1 aliphatic heterocycles. The van der Waals surface area contributed by atoms with Crippen LogP contribution < -0.4 is 0 Å². The number of hydrogen-bond acceptors (Lipinski definition) is 3. The van der Waals surface area contributed by atoms with Gasteiger partial charge in [-0.2, -0.15) is 0 Å². The molecule has 0 saturated carbocycles. The lowest BCUT2D eigenvalue weighted by atomic mass is 10.00. The van der Waals surface area contributed by atoms with Gasteiger partial charge in [-0.15, -0.1) is 0 Å². The number of rotatable bonds is 6. The van der Waals surface area contributed by atoms with Crippen molar-refractivity contribution in [3.8, 4) is 0 Å². The fourth-order valence-corrected chi connectivity index (χ4v) is 2.23. The highest BCUT2D eigenvalue weighted by atomic mass is 16.5. The number of likely N-dealkylation sites (tertiary alicyclic amines) is 1. The molecule has 0 radical (unpaired) electrons. The molecule has 3 nitrogen and oxygen atoms in total. The van der Waals surface area contributed by atoms with Gasteiger partial charge >= 0.3 is 0 Å². The summed E-state index contributed by atoms with van der Waals surface area (Å²) in [5, 5.41) is 9.98. The van der Waals surface area contributed by atoms with Gasteiger partial charge in [0.15, 0.2) is 0 Å². The van der Waals surface area contributed by atoms with Crippen molar-refractivity contribution >= 4 is 0 Å². The van der Waals surface area contributed by atoms with Crippen molar-refractivity contribution in [2.24, 2.45) is 5.92 Å². The van der Waals surface area contributed by atoms with E-state index in [9.17, 15) is 5.11 Å². The molecule has 0 aromatic rings. The van der Waals surface area contributed by atoms with E-state index in [2.05, 4.69) is 32.6 Å². The third-order valence-corrected chi connectivity index (χ3v) is 3.73. The van der Waals surface area contributed by atoms with E-state index in [0.717, 1.165) is 32.0 Å². The minimum atomic E-state index is -0.355. The van der Waals surface area contributed by atoms with Crippen molar-refractivity contribution in [3.05, 3.63) is 0 Å². The second-order valence-electron chi connectivity index (χ2n) is 6.09. The van der Waals surface area contributed by atoms with E-state index in [0.29, 0.717) is 6.61 Å². The molecule has 17 heavy (non-hydrogen) atoms. The molecule has 0 aromatic carbocycles. The summed E-state index contributed by atoms with van der Waals surface area (Å²) >= 11 is 0. The van der Waals surface area contributed by atoms with Crippen molar-refractivity contribution < 1.29 is 9.84 Å². The number of piperidine rings is 1. The predicted octanol–water partition coefficient (Wildman–Crippen LogP) is 2.28. The first-order valence-corrected chi connectivity index (χ1v) is 6.97. The Morgan fingerprint density at radius 3 is 2.76 bits per heavy atom. The average molecular weight is 243 g/mol. The maximum absolute atomic E-state index is 9.98. The Morgan fingerprint density at radius 2 is 2.18 bits per heavy atom. The van der Waals surface area contributed by atoms with Gasteiger partial charge in [0, 0.05) is 13.1 Å². The van der Waals surface area contributed by atoms with Crippen LogP contribution in [0.3, 0.4) is 0 Å². The van der Waals surface area contributed by atoms with Crippen LogP contribution in [-0.2, 0) is 4.74 Å². The van der Waals surface area contributed by atoms with E-state index in [1.54, 1.807) is 0 Å². The van der Waals surface area contributed by atoms with Gasteiger partial charge in [0.1, 0.15) is 0 Å². The molecule has 0 amide bonds. The fraction of sp³-hybridized carbons (Fsp3) is 1.00. The molecule has 1 fully saturated rings. The first-order valence-electron chi connectivity index (χ1n) is 6.97. The van der Waals surface area contributed by atoms with Gasteiger partial charge in [-0.1, -0.05) is 13.8 Å². The first kappa shape index (κ1) is 14.9. The fourth-order valence-electron chi connectivity index (χ4n) is 2.23. The van der Waals surface area contributed by atoms with E-state index >= 15 is 0 Å². The second kappa shape index (κ2) is 6.72. The molecule has 0 aromatic heterocycles. The van der Waals surface area contributed by atoms with Crippen LogP contribution in [0.25, 0.3) is 0 Å². The van der Waals surface area contributed by atoms with E-state index in [1.165, 1.54) is 12.8 Å². The molecule has 1 aliphatic rings. The molecule has 1 heterocycles. The van der Waals surface area contributed by atoms with E-state index < -0.39 is 0 Å². The zero-order chi connectivity index (χ0) is 12.9. The Labute approximate surface area is 106 Å². The molecule has 0 aliphatic carbocycles. The Morgan fingerprint density at radius 1 is 1.47 bits per heavy atom. The van der Waals surface area contributed by atoms with Crippen molar-refractivity contribution in [2.75, 3.05) is 26.2 Å². The highest BCUT2D eigenvalue weighted by Gasteiger charge is 2.21. The lowest BCUT2D eigenvalue weighted by Crippen LogP contribution is -2.41. The summed E-state index contributed by atoms with van der Waals surface area (Å²) in [7, 11) is 0. The Kier molecular flexibility index (Phi) is 5.90. The molecule has 0 bridgehead atoms. The number of ether oxygens (including phenoxy) is 1. The van der Waals surface area contributed by atoms with Crippen LogP contribution >= 0.6 is 0 Å². The summed E-state index contributed by atoms with van der Waals surface area (Å²) in [6, 6.07) is 0. The van der Waals surface area contributed by atoms with Gasteiger partial charge in [0.2, 0.25) is 0 Å². The van der Waals surface area contributed by atoms with Gasteiger partial charge in [-0.3, -0.25) is 0 Å². The van der Waals surface area contributed by atoms with Gasteiger partial charge in [0.05, 0.1) is 18.3 Å². The molecule has 3 heteroatoms. The van der Waals surface area contributed by atoms with Crippen LogP contribution in [0.1, 0.15) is 47.0 Å². The number of hydrogen-bond donors (Lipinski definition) is 1. The van der Waals surface area contributed by atoms with Crippen LogP contribution in [0.15, 0.2) is 0 Å². The van der Waals surface area contributed by atoms with E-state index in [1.807, 2.05) is 0 Å². The topological polar surface area (TPSA) is 32.7 Å². The predicted molar refractivity (Wildman–Crippen MR) is 71.2 cm³/mol. The zero-order valence-electron chi connectivity index (χ0n) is 11.9. The Balaban J connectivity index is 2.22. The number of aliphatic hydroxyl groups is 1. The van der Waals surface area contributed by atoms with Crippen molar-refractivity contribution in [1.29, 1.82) is 0 Å². The minimum Gasteiger partial charge on any atom is -0.389 e. The third-order valence-electron chi connectivity index (χ3n) is 3.73. The van der Waals surface area contributed by atoms with Crippen molar-refractivity contribution in [3.63, 3.8) is 0 Å². The maximum Gasteiger partial charge on any atom is 0.0900 e. The van der Waals surface area contributed by atoms with E-state index in [-0.39, 0.29) is 11.7 Å². The van der Waals surface area contributed by atoms with Crippen LogP contribution in [-0.4, -0.2) is 48.0 Å². The average Bonchev–Trinajstić information content (AvgIpc) is 2.27. The molecular formula is C14H29NO2. The molecule has 102 valence electrons. The molecule has 0 unspecified atom stereocenters. The molecule has 0 spiro atoms. The first-order chi connectivity index (χ1) is 7.93. The van der Waals surface area contributed by atoms with Crippen LogP contribution in [0.2, 0.25) is 0 Å². The van der Waals surface area contributed by atoms with Crippen molar-refractivity contribution in [2.45, 2.75) is 58.7 Å². The number of β-amino-alcohol motifs (C(OH)–C–C–N with tert-alkyl or cyclic N) is 1. The summed E-state index contributed by atoms with van der Waals surface area (Å²) in [5.41, 5.74) is -0.115. The van der Waals surface area contributed by atoms with Crippen LogP contribution in [0.4, 0.5) is 0 Å². The Bertz CT molecular complexity index is 218. The second-order valence-corrected chi connectivity index (χ2v) is 6.09. The molecular weight excluding hydrogens is 214 g/mol. The van der Waals surface area contributed by atoms with Gasteiger partial charge in [-0.05, 0) is 45.6 Å². The summed E-state index contributed by atoms with van der Waals surface area (Å²) in [5.74, 6) is 0.768. The van der Waals surface area contributed by atoms with E-state index in [4.69, 9.17) is 4.74 Å². The highest BCUT2D eigenvalue weighted by molar-refractivity contribution is 4.73. The Hall–Kier alpha value is -0.120. The minimum absolute atomic E-state index is 0.115. The monoisotopic (exact) mass is 243 g/mol. The lowest BCUT2D eigenvalue weighted by molar-refractivity contribution is -0.0689. The third kappa shape index (κ3) is 5.84. The quantitative estimate of drug-likeness (QED) is 0.777. The molecule has 2 atom stereocenters. The summed E-state index contributed by atoms with van der Waals surface area (Å²) in [6.45, 7) is 12.0.